The summed E-state index contributed by atoms with van der Waals surface area (Å²) in [7, 11) is 0. The van der Waals surface area contributed by atoms with Crippen LogP contribution >= 0.6 is 0 Å². The van der Waals surface area contributed by atoms with Gasteiger partial charge >= 0.3 is 12.1 Å². The highest BCUT2D eigenvalue weighted by atomic mass is 19.4. The van der Waals surface area contributed by atoms with Crippen molar-refractivity contribution in [2.45, 2.75) is 45.7 Å². The molecule has 2 rings (SSSR count). The van der Waals surface area contributed by atoms with E-state index in [1.165, 1.54) is 12.1 Å². The zero-order valence-electron chi connectivity index (χ0n) is 14.5. The van der Waals surface area contributed by atoms with E-state index >= 15 is 0 Å². The summed E-state index contributed by atoms with van der Waals surface area (Å²) in [6, 6.07) is 4.56. The molecule has 7 heteroatoms. The van der Waals surface area contributed by atoms with Gasteiger partial charge in [-0.3, -0.25) is 4.79 Å². The Bertz CT molecular complexity index is 733. The quantitative estimate of drug-likeness (QED) is 0.696. The van der Waals surface area contributed by atoms with Gasteiger partial charge in [-0.25, -0.2) is 4.98 Å². The molecular formula is C18H20F3NO3. The van der Waals surface area contributed by atoms with Gasteiger partial charge in [-0.15, -0.1) is 0 Å². The van der Waals surface area contributed by atoms with Gasteiger partial charge in [0.2, 0.25) is 5.89 Å². The van der Waals surface area contributed by atoms with Gasteiger partial charge in [0.15, 0.2) is 0 Å². The fourth-order valence-corrected chi connectivity index (χ4v) is 2.37. The molecule has 0 aliphatic heterocycles. The third-order valence-electron chi connectivity index (χ3n) is 3.72. The highest BCUT2D eigenvalue weighted by Crippen LogP contribution is 2.34. The van der Waals surface area contributed by atoms with E-state index in [2.05, 4.69) is 4.98 Å². The number of esters is 1. The molecule has 0 radical (unpaired) electrons. The Morgan fingerprint density at radius 2 is 1.80 bits per heavy atom. The van der Waals surface area contributed by atoms with Crippen LogP contribution in [0.25, 0.3) is 11.5 Å². The van der Waals surface area contributed by atoms with Gasteiger partial charge in [0.25, 0.3) is 0 Å². The second kappa shape index (κ2) is 7.29. The summed E-state index contributed by atoms with van der Waals surface area (Å²) in [5.41, 5.74) is 0.264. The molecule has 136 valence electrons. The number of alkyl halides is 3. The molecule has 1 atom stereocenters. The third kappa shape index (κ3) is 4.21. The number of halogens is 3. The predicted molar refractivity (Wildman–Crippen MR) is 86.1 cm³/mol. The monoisotopic (exact) mass is 355 g/mol. The number of carbonyl (C=O) groups excluding carboxylic acids is 1. The van der Waals surface area contributed by atoms with Crippen LogP contribution in [0.4, 0.5) is 13.2 Å². The average Bonchev–Trinajstić information content (AvgIpc) is 2.99. The molecule has 25 heavy (non-hydrogen) atoms. The molecule has 0 bridgehead atoms. The van der Waals surface area contributed by atoms with E-state index in [1.54, 1.807) is 13.8 Å². The van der Waals surface area contributed by atoms with Crippen LogP contribution in [0.3, 0.4) is 0 Å². The van der Waals surface area contributed by atoms with Crippen LogP contribution in [0.2, 0.25) is 0 Å². The maximum absolute atomic E-state index is 12.7. The predicted octanol–water partition coefficient (Wildman–Crippen LogP) is 5.15. The molecule has 0 spiro atoms. The second-order valence-electron chi connectivity index (χ2n) is 5.97. The molecule has 1 aromatic heterocycles. The van der Waals surface area contributed by atoms with Crippen LogP contribution < -0.4 is 0 Å². The molecule has 0 saturated carbocycles. The summed E-state index contributed by atoms with van der Waals surface area (Å²) in [4.78, 5) is 16.4. The number of nitrogens with zero attached hydrogens (tertiary/aromatic N) is 1. The number of ether oxygens (including phenoxy) is 1. The lowest BCUT2D eigenvalue weighted by molar-refractivity contribution is -0.145. The minimum atomic E-state index is -4.40. The Labute approximate surface area is 144 Å². The summed E-state index contributed by atoms with van der Waals surface area (Å²) in [6.07, 6.45) is -4.40. The maximum atomic E-state index is 12.7. The van der Waals surface area contributed by atoms with E-state index in [0.717, 1.165) is 12.1 Å². The van der Waals surface area contributed by atoms with Crippen LogP contribution in [-0.2, 0) is 15.7 Å². The molecule has 1 aromatic carbocycles. The van der Waals surface area contributed by atoms with Gasteiger partial charge in [-0.05, 0) is 44.0 Å². The molecule has 0 N–H and O–H groups in total. The molecule has 0 aliphatic carbocycles. The molecule has 2 aromatic rings. The van der Waals surface area contributed by atoms with E-state index < -0.39 is 23.6 Å². The van der Waals surface area contributed by atoms with Crippen molar-refractivity contribution in [1.29, 1.82) is 0 Å². The summed E-state index contributed by atoms with van der Waals surface area (Å²) < 4.78 is 48.8. The molecule has 4 nitrogen and oxygen atoms in total. The Balaban J connectivity index is 2.40. The number of benzene rings is 1. The van der Waals surface area contributed by atoms with Crippen molar-refractivity contribution in [3.05, 3.63) is 41.3 Å². The largest absolute Gasteiger partial charge is 0.465 e. The van der Waals surface area contributed by atoms with Crippen LogP contribution in [0, 0.1) is 0 Å². The van der Waals surface area contributed by atoms with Gasteiger partial charge in [0, 0.05) is 5.56 Å². The van der Waals surface area contributed by atoms with E-state index in [1.807, 2.05) is 13.8 Å². The fraction of sp³-hybridized carbons (Fsp3) is 0.444. The van der Waals surface area contributed by atoms with Gasteiger partial charge in [0.05, 0.1) is 17.9 Å². The van der Waals surface area contributed by atoms with Crippen molar-refractivity contribution < 1.29 is 27.1 Å². The molecule has 0 aliphatic rings. The SMILES string of the molecule is CCOC(=O)C(C)c1oc(-c2ccc(C(F)(F)F)cc2)nc1C(C)C. The third-order valence-corrected chi connectivity index (χ3v) is 3.72. The van der Waals surface area contributed by atoms with E-state index in [0.29, 0.717) is 17.0 Å². The number of rotatable bonds is 5. The lowest BCUT2D eigenvalue weighted by atomic mass is 10.0. The number of hydrogen-bond donors (Lipinski definition) is 0. The van der Waals surface area contributed by atoms with Gasteiger partial charge in [-0.1, -0.05) is 13.8 Å². The van der Waals surface area contributed by atoms with E-state index in [-0.39, 0.29) is 18.4 Å². The normalized spacial score (nSPS) is 13.1. The van der Waals surface area contributed by atoms with Crippen molar-refractivity contribution >= 4 is 5.97 Å². The van der Waals surface area contributed by atoms with Gasteiger partial charge < -0.3 is 9.15 Å². The number of hydrogen-bond acceptors (Lipinski definition) is 4. The first-order valence-electron chi connectivity index (χ1n) is 8.00. The van der Waals surface area contributed by atoms with Gasteiger partial charge in [-0.2, -0.15) is 13.2 Å². The summed E-state index contributed by atoms with van der Waals surface area (Å²) >= 11 is 0. The number of carbonyl (C=O) groups is 1. The fourth-order valence-electron chi connectivity index (χ4n) is 2.37. The zero-order valence-corrected chi connectivity index (χ0v) is 14.5. The van der Waals surface area contributed by atoms with Crippen LogP contribution in [-0.4, -0.2) is 17.6 Å². The van der Waals surface area contributed by atoms with Crippen molar-refractivity contribution in [3.8, 4) is 11.5 Å². The number of aromatic nitrogens is 1. The number of oxazole rings is 1. The minimum absolute atomic E-state index is 0.0150. The Kier molecular flexibility index (Phi) is 5.55. The average molecular weight is 355 g/mol. The second-order valence-corrected chi connectivity index (χ2v) is 5.97. The summed E-state index contributed by atoms with van der Waals surface area (Å²) in [5.74, 6) is -0.529. The smallest absolute Gasteiger partial charge is 0.416 e. The molecule has 1 heterocycles. The molecule has 0 amide bonds. The Hall–Kier alpha value is -2.31. The van der Waals surface area contributed by atoms with Crippen molar-refractivity contribution in [3.63, 3.8) is 0 Å². The standard InChI is InChI=1S/C18H20F3NO3/c1-5-24-17(23)11(4)15-14(10(2)3)22-16(25-15)12-6-8-13(9-7-12)18(19,20)21/h6-11H,5H2,1-4H3. The van der Waals surface area contributed by atoms with E-state index in [9.17, 15) is 18.0 Å². The first kappa shape index (κ1) is 19.0. The maximum Gasteiger partial charge on any atom is 0.416 e. The molecule has 0 saturated heterocycles. The highest BCUT2D eigenvalue weighted by molar-refractivity contribution is 5.77. The first-order valence-corrected chi connectivity index (χ1v) is 8.00. The minimum Gasteiger partial charge on any atom is -0.465 e. The van der Waals surface area contributed by atoms with Crippen molar-refractivity contribution in [2.75, 3.05) is 6.61 Å². The van der Waals surface area contributed by atoms with Crippen LogP contribution in [0.15, 0.2) is 28.7 Å². The topological polar surface area (TPSA) is 52.3 Å². The Morgan fingerprint density at radius 1 is 1.20 bits per heavy atom. The van der Waals surface area contributed by atoms with Crippen LogP contribution in [0.5, 0.6) is 0 Å². The van der Waals surface area contributed by atoms with Crippen molar-refractivity contribution in [1.82, 2.24) is 4.98 Å². The molecular weight excluding hydrogens is 335 g/mol. The summed E-state index contributed by atoms with van der Waals surface area (Å²) in [5, 5.41) is 0. The first-order chi connectivity index (χ1) is 11.6. The van der Waals surface area contributed by atoms with Crippen LogP contribution in [0.1, 0.15) is 56.5 Å². The molecule has 1 unspecified atom stereocenters. The lowest BCUT2D eigenvalue weighted by Gasteiger charge is -2.10. The zero-order chi connectivity index (χ0) is 18.8. The molecule has 0 fully saturated rings. The van der Waals surface area contributed by atoms with E-state index in [4.69, 9.17) is 9.15 Å². The Morgan fingerprint density at radius 3 is 2.28 bits per heavy atom. The van der Waals surface area contributed by atoms with Gasteiger partial charge in [0.1, 0.15) is 11.7 Å². The highest BCUT2D eigenvalue weighted by Gasteiger charge is 2.31. The summed E-state index contributed by atoms with van der Waals surface area (Å²) in [6.45, 7) is 7.41. The lowest BCUT2D eigenvalue weighted by Crippen LogP contribution is -2.14. The van der Waals surface area contributed by atoms with Crippen molar-refractivity contribution in [2.24, 2.45) is 0 Å².